The van der Waals surface area contributed by atoms with E-state index in [1.165, 1.54) is 16.4 Å². The molecule has 0 atom stereocenters. The number of piperidine rings is 1. The molecule has 0 aliphatic carbocycles. The maximum absolute atomic E-state index is 12.9. The van der Waals surface area contributed by atoms with Gasteiger partial charge in [-0.05, 0) is 43.2 Å². The van der Waals surface area contributed by atoms with Gasteiger partial charge in [0.05, 0.1) is 10.6 Å². The summed E-state index contributed by atoms with van der Waals surface area (Å²) in [5.41, 5.74) is 0.843. The lowest BCUT2D eigenvalue weighted by Gasteiger charge is -2.26. The highest BCUT2D eigenvalue weighted by molar-refractivity contribution is 7.89. The monoisotopic (exact) mass is 498 g/mol. The molecular weight excluding hydrogens is 472 g/mol. The first-order valence-electron chi connectivity index (χ1n) is 11.4. The third-order valence-corrected chi connectivity index (χ3v) is 7.57. The number of benzene rings is 2. The van der Waals surface area contributed by atoms with E-state index in [1.54, 1.807) is 42.5 Å². The fourth-order valence-corrected chi connectivity index (χ4v) is 5.44. The zero-order chi connectivity index (χ0) is 24.8. The van der Waals surface area contributed by atoms with Gasteiger partial charge >= 0.3 is 5.97 Å². The quantitative estimate of drug-likeness (QED) is 0.585. The highest BCUT2D eigenvalue weighted by Gasteiger charge is 2.28. The smallest absolute Gasteiger partial charge is 0.355 e. The molecular formula is C24H26N4O6S. The van der Waals surface area contributed by atoms with Crippen LogP contribution in [0.15, 0.2) is 64.6 Å². The van der Waals surface area contributed by atoms with E-state index in [9.17, 15) is 22.8 Å². The fraction of sp³-hybridized carbons (Fsp3) is 0.333. The van der Waals surface area contributed by atoms with Crippen LogP contribution >= 0.6 is 0 Å². The minimum absolute atomic E-state index is 0.0378. The van der Waals surface area contributed by atoms with Crippen molar-refractivity contribution in [2.24, 2.45) is 5.10 Å². The summed E-state index contributed by atoms with van der Waals surface area (Å²) in [6, 6.07) is 14.7. The molecule has 4 rings (SSSR count). The minimum Gasteiger partial charge on any atom is -0.451 e. The first-order chi connectivity index (χ1) is 16.8. The molecule has 1 N–H and O–H groups in total. The normalized spacial score (nSPS) is 17.0. The Morgan fingerprint density at radius 2 is 1.71 bits per heavy atom. The lowest BCUT2D eigenvalue weighted by molar-refractivity contribution is -0.140. The van der Waals surface area contributed by atoms with Crippen LogP contribution in [0.25, 0.3) is 0 Å². The van der Waals surface area contributed by atoms with E-state index >= 15 is 0 Å². The van der Waals surface area contributed by atoms with Crippen molar-refractivity contribution in [3.63, 3.8) is 0 Å². The summed E-state index contributed by atoms with van der Waals surface area (Å²) in [5.74, 6) is -1.67. The van der Waals surface area contributed by atoms with Crippen LogP contribution < -0.4 is 10.3 Å². The highest BCUT2D eigenvalue weighted by Crippen LogP contribution is 2.23. The molecule has 0 saturated carbocycles. The van der Waals surface area contributed by atoms with Gasteiger partial charge in [-0.15, -0.1) is 0 Å². The summed E-state index contributed by atoms with van der Waals surface area (Å²) in [6.07, 6.45) is 2.85. The van der Waals surface area contributed by atoms with E-state index in [0.29, 0.717) is 18.8 Å². The van der Waals surface area contributed by atoms with Crippen LogP contribution in [-0.2, 0) is 29.1 Å². The van der Waals surface area contributed by atoms with Crippen molar-refractivity contribution in [3.8, 4) is 0 Å². The van der Waals surface area contributed by atoms with Gasteiger partial charge in [-0.1, -0.05) is 30.7 Å². The van der Waals surface area contributed by atoms with Gasteiger partial charge in [-0.25, -0.2) is 18.2 Å². The Morgan fingerprint density at radius 3 is 2.46 bits per heavy atom. The Bertz CT molecular complexity index is 1240. The van der Waals surface area contributed by atoms with Crippen molar-refractivity contribution in [2.75, 3.05) is 30.0 Å². The number of sulfonamides is 1. The standard InChI is InChI=1S/C24H26N4O6S/c29-22(25-18-8-7-11-20(16-18)35(32,33)27-14-5-2-6-15-27)17-34-24(31)21-12-13-23(30)28(26-21)19-9-3-1-4-10-19/h1,3-4,7-11,16H,2,5-6,12-15,17H2,(H,25,29). The Hall–Kier alpha value is -3.57. The first kappa shape index (κ1) is 24.6. The SMILES string of the molecule is O=C(COC(=O)C1=NN(c2ccccc2)C(=O)CC1)Nc1cccc(S(=O)(=O)N2CCCCC2)c1. The molecule has 2 heterocycles. The lowest BCUT2D eigenvalue weighted by Crippen LogP contribution is -2.36. The fourth-order valence-electron chi connectivity index (χ4n) is 3.87. The summed E-state index contributed by atoms with van der Waals surface area (Å²) >= 11 is 0. The number of hydrogen-bond acceptors (Lipinski definition) is 7. The molecule has 10 nitrogen and oxygen atoms in total. The first-order valence-corrected chi connectivity index (χ1v) is 12.8. The number of nitrogens with zero attached hydrogens (tertiary/aromatic N) is 3. The molecule has 0 spiro atoms. The van der Waals surface area contributed by atoms with E-state index in [2.05, 4.69) is 10.4 Å². The number of amides is 2. The van der Waals surface area contributed by atoms with Gasteiger partial charge in [-0.3, -0.25) is 9.59 Å². The van der Waals surface area contributed by atoms with Gasteiger partial charge in [0.2, 0.25) is 15.9 Å². The second-order valence-corrected chi connectivity index (χ2v) is 10.1. The lowest BCUT2D eigenvalue weighted by atomic mass is 10.1. The van der Waals surface area contributed by atoms with Crippen LogP contribution in [-0.4, -0.2) is 55.9 Å². The van der Waals surface area contributed by atoms with E-state index in [1.807, 2.05) is 0 Å². The summed E-state index contributed by atoms with van der Waals surface area (Å²) < 4.78 is 32.3. The van der Waals surface area contributed by atoms with Crippen LogP contribution in [0.5, 0.6) is 0 Å². The molecule has 1 fully saturated rings. The van der Waals surface area contributed by atoms with Crippen molar-refractivity contribution in [3.05, 3.63) is 54.6 Å². The third kappa shape index (κ3) is 5.92. The summed E-state index contributed by atoms with van der Waals surface area (Å²) in [7, 11) is -3.64. The van der Waals surface area contributed by atoms with Gasteiger partial charge < -0.3 is 10.1 Å². The van der Waals surface area contributed by atoms with Crippen molar-refractivity contribution in [1.29, 1.82) is 0 Å². The Balaban J connectivity index is 1.36. The summed E-state index contributed by atoms with van der Waals surface area (Å²) in [5, 5.41) is 7.80. The van der Waals surface area contributed by atoms with Crippen LogP contribution in [0.3, 0.4) is 0 Å². The minimum atomic E-state index is -3.64. The van der Waals surface area contributed by atoms with Gasteiger partial charge in [0.15, 0.2) is 6.61 Å². The predicted octanol–water partition coefficient (Wildman–Crippen LogP) is 2.53. The molecule has 1 saturated heterocycles. The number of nitrogens with one attached hydrogen (secondary N) is 1. The zero-order valence-corrected chi connectivity index (χ0v) is 19.9. The number of esters is 1. The second-order valence-electron chi connectivity index (χ2n) is 8.20. The molecule has 2 aliphatic heterocycles. The number of para-hydroxylation sites is 1. The Labute approximate surface area is 203 Å². The van der Waals surface area contributed by atoms with Gasteiger partial charge in [0.1, 0.15) is 5.71 Å². The average Bonchev–Trinajstić information content (AvgIpc) is 2.89. The van der Waals surface area contributed by atoms with E-state index in [-0.39, 0.29) is 35.0 Å². The molecule has 0 radical (unpaired) electrons. The highest BCUT2D eigenvalue weighted by atomic mass is 32.2. The van der Waals surface area contributed by atoms with Gasteiger partial charge in [-0.2, -0.15) is 9.41 Å². The molecule has 2 aliphatic rings. The Morgan fingerprint density at radius 1 is 0.971 bits per heavy atom. The van der Waals surface area contributed by atoms with Crippen LogP contribution in [0.1, 0.15) is 32.1 Å². The number of hydrazone groups is 1. The maximum Gasteiger partial charge on any atom is 0.355 e. The second kappa shape index (κ2) is 10.8. The predicted molar refractivity (Wildman–Crippen MR) is 129 cm³/mol. The molecule has 2 aromatic carbocycles. The number of hydrogen-bond donors (Lipinski definition) is 1. The van der Waals surface area contributed by atoms with Crippen molar-refractivity contribution in [1.82, 2.24) is 4.31 Å². The van der Waals surface area contributed by atoms with Crippen LogP contribution in [0.4, 0.5) is 11.4 Å². The molecule has 0 unspecified atom stereocenters. The molecule has 2 aromatic rings. The number of rotatable bonds is 7. The van der Waals surface area contributed by atoms with Crippen LogP contribution in [0.2, 0.25) is 0 Å². The molecule has 0 aromatic heterocycles. The zero-order valence-electron chi connectivity index (χ0n) is 19.1. The number of ether oxygens (including phenoxy) is 1. The topological polar surface area (TPSA) is 125 Å². The van der Waals surface area contributed by atoms with E-state index < -0.39 is 28.5 Å². The van der Waals surface area contributed by atoms with Crippen molar-refractivity contribution < 1.29 is 27.5 Å². The van der Waals surface area contributed by atoms with Gasteiger partial charge in [0.25, 0.3) is 5.91 Å². The Kier molecular flexibility index (Phi) is 7.57. The molecule has 2 amide bonds. The average molecular weight is 499 g/mol. The molecule has 0 bridgehead atoms. The number of anilines is 2. The third-order valence-electron chi connectivity index (χ3n) is 5.67. The summed E-state index contributed by atoms with van der Waals surface area (Å²) in [4.78, 5) is 37.1. The van der Waals surface area contributed by atoms with Crippen molar-refractivity contribution in [2.45, 2.75) is 37.0 Å². The van der Waals surface area contributed by atoms with E-state index in [4.69, 9.17) is 4.74 Å². The van der Waals surface area contributed by atoms with Crippen molar-refractivity contribution >= 4 is 44.9 Å². The molecule has 35 heavy (non-hydrogen) atoms. The molecule has 184 valence electrons. The number of carbonyl (C=O) groups excluding carboxylic acids is 3. The van der Waals surface area contributed by atoms with Crippen LogP contribution in [0, 0.1) is 0 Å². The number of carbonyl (C=O) groups is 3. The maximum atomic E-state index is 12.9. The molecule has 11 heteroatoms. The van der Waals surface area contributed by atoms with E-state index in [0.717, 1.165) is 24.3 Å². The largest absolute Gasteiger partial charge is 0.451 e. The summed E-state index contributed by atoms with van der Waals surface area (Å²) in [6.45, 7) is 0.373. The van der Waals surface area contributed by atoms with Gasteiger partial charge in [0, 0.05) is 31.6 Å².